The average molecular weight is 399 g/mol. The molecular formula is C21H26N4O2S. The summed E-state index contributed by atoms with van der Waals surface area (Å²) in [5.41, 5.74) is 0.554. The molecule has 0 aliphatic heterocycles. The van der Waals surface area contributed by atoms with E-state index in [1.807, 2.05) is 18.2 Å². The largest absolute Gasteiger partial charge is 0.343 e. The lowest BCUT2D eigenvalue weighted by molar-refractivity contribution is -0.123. The number of nitrogens with zero attached hydrogens (tertiary/aromatic N) is 3. The van der Waals surface area contributed by atoms with E-state index < -0.39 is 5.54 Å². The fourth-order valence-corrected chi connectivity index (χ4v) is 5.00. The second-order valence-electron chi connectivity index (χ2n) is 7.61. The van der Waals surface area contributed by atoms with Crippen LogP contribution in [0.4, 0.5) is 0 Å². The van der Waals surface area contributed by atoms with E-state index in [-0.39, 0.29) is 5.91 Å². The molecule has 1 saturated carbocycles. The number of fused-ring (bicyclic) bond motifs is 1. The van der Waals surface area contributed by atoms with Gasteiger partial charge < -0.3 is 9.84 Å². The van der Waals surface area contributed by atoms with E-state index in [1.54, 1.807) is 18.3 Å². The highest BCUT2D eigenvalue weighted by atomic mass is 32.1. The number of rotatable bonds is 6. The minimum Gasteiger partial charge on any atom is -0.343 e. The smallest absolute Gasteiger partial charge is 0.223 e. The normalized spacial score (nSPS) is 16.8. The summed E-state index contributed by atoms with van der Waals surface area (Å²) in [7, 11) is 0. The number of hydrogen-bond acceptors (Lipinski definition) is 6. The zero-order chi connectivity index (χ0) is 19.4. The van der Waals surface area contributed by atoms with Gasteiger partial charge in [0.15, 0.2) is 5.82 Å². The van der Waals surface area contributed by atoms with Gasteiger partial charge in [-0.1, -0.05) is 43.0 Å². The lowest BCUT2D eigenvalue weighted by Gasteiger charge is -2.30. The molecule has 1 aromatic carbocycles. The minimum absolute atomic E-state index is 0.0606. The molecule has 2 aromatic heterocycles. The zero-order valence-electron chi connectivity index (χ0n) is 16.2. The number of benzene rings is 1. The first-order valence-corrected chi connectivity index (χ1v) is 10.9. The van der Waals surface area contributed by atoms with Gasteiger partial charge >= 0.3 is 0 Å². The number of aryl methyl sites for hydroxylation is 2. The monoisotopic (exact) mass is 398 g/mol. The van der Waals surface area contributed by atoms with Crippen LogP contribution in [0.25, 0.3) is 10.2 Å². The topological polar surface area (TPSA) is 80.9 Å². The standard InChI is InChI=1S/C21H26N4O2S/c1-15-22-20(25-27-15)21(13-6-2-3-7-14-21)24-18(26)11-8-12-19-23-16-9-4-5-10-17(16)28-19/h4-5,9-10H,2-3,6-8,11-14H2,1H3,(H,24,26). The van der Waals surface area contributed by atoms with E-state index in [9.17, 15) is 4.79 Å². The molecule has 7 heteroatoms. The fraction of sp³-hybridized carbons (Fsp3) is 0.524. The highest BCUT2D eigenvalue weighted by Crippen LogP contribution is 2.34. The van der Waals surface area contributed by atoms with Crippen LogP contribution in [0, 0.1) is 6.92 Å². The average Bonchev–Trinajstić information content (AvgIpc) is 3.23. The number of thiazole rings is 1. The van der Waals surface area contributed by atoms with Gasteiger partial charge in [-0.15, -0.1) is 11.3 Å². The van der Waals surface area contributed by atoms with Gasteiger partial charge in [0.2, 0.25) is 11.8 Å². The fourth-order valence-electron chi connectivity index (χ4n) is 3.99. The van der Waals surface area contributed by atoms with Crippen molar-refractivity contribution < 1.29 is 9.32 Å². The predicted molar refractivity (Wildman–Crippen MR) is 109 cm³/mol. The molecule has 1 aliphatic carbocycles. The van der Waals surface area contributed by atoms with Crippen LogP contribution in [0.1, 0.15) is 68.1 Å². The molecule has 0 saturated heterocycles. The first kappa shape index (κ1) is 19.1. The first-order valence-electron chi connectivity index (χ1n) is 10.1. The minimum atomic E-state index is -0.485. The summed E-state index contributed by atoms with van der Waals surface area (Å²) in [5.74, 6) is 1.24. The second kappa shape index (κ2) is 8.39. The van der Waals surface area contributed by atoms with E-state index in [2.05, 4.69) is 26.5 Å². The molecule has 0 radical (unpaired) electrons. The van der Waals surface area contributed by atoms with Crippen LogP contribution in [0.15, 0.2) is 28.8 Å². The van der Waals surface area contributed by atoms with Crippen molar-refractivity contribution >= 4 is 27.5 Å². The molecule has 0 atom stereocenters. The van der Waals surface area contributed by atoms with Gasteiger partial charge in [-0.2, -0.15) is 4.98 Å². The number of para-hydroxylation sites is 1. The molecule has 1 aliphatic rings. The van der Waals surface area contributed by atoms with Gasteiger partial charge in [-0.25, -0.2) is 4.98 Å². The van der Waals surface area contributed by atoms with E-state index in [0.717, 1.165) is 49.0 Å². The number of hydrogen-bond donors (Lipinski definition) is 1. The third kappa shape index (κ3) is 4.24. The Hall–Kier alpha value is -2.28. The Bertz CT molecular complexity index is 908. The van der Waals surface area contributed by atoms with Crippen molar-refractivity contribution in [2.75, 3.05) is 0 Å². The van der Waals surface area contributed by atoms with Crippen molar-refractivity contribution in [1.29, 1.82) is 0 Å². The zero-order valence-corrected chi connectivity index (χ0v) is 17.1. The number of carbonyl (C=O) groups is 1. The molecule has 28 heavy (non-hydrogen) atoms. The lowest BCUT2D eigenvalue weighted by atomic mass is 9.89. The van der Waals surface area contributed by atoms with Crippen LogP contribution < -0.4 is 5.32 Å². The summed E-state index contributed by atoms with van der Waals surface area (Å²) in [5, 5.41) is 8.51. The molecule has 148 valence electrons. The molecule has 6 nitrogen and oxygen atoms in total. The third-order valence-corrected chi connectivity index (χ3v) is 6.52. The number of carbonyl (C=O) groups excluding carboxylic acids is 1. The number of nitrogens with one attached hydrogen (secondary N) is 1. The van der Waals surface area contributed by atoms with Crippen molar-refractivity contribution in [2.24, 2.45) is 0 Å². The molecule has 1 fully saturated rings. The Balaban J connectivity index is 1.38. The second-order valence-corrected chi connectivity index (χ2v) is 8.73. The van der Waals surface area contributed by atoms with Crippen molar-refractivity contribution in [3.8, 4) is 0 Å². The van der Waals surface area contributed by atoms with Crippen LogP contribution >= 0.6 is 11.3 Å². The van der Waals surface area contributed by atoms with Crippen LogP contribution in [0.2, 0.25) is 0 Å². The summed E-state index contributed by atoms with van der Waals surface area (Å²) in [6.45, 7) is 1.79. The predicted octanol–water partition coefficient (Wildman–Crippen LogP) is 4.68. The van der Waals surface area contributed by atoms with Crippen molar-refractivity contribution in [3.05, 3.63) is 41.0 Å². The highest BCUT2D eigenvalue weighted by molar-refractivity contribution is 7.18. The van der Waals surface area contributed by atoms with E-state index >= 15 is 0 Å². The van der Waals surface area contributed by atoms with Crippen molar-refractivity contribution in [2.45, 2.75) is 70.3 Å². The summed E-state index contributed by atoms with van der Waals surface area (Å²) in [6, 6.07) is 8.16. The van der Waals surface area contributed by atoms with E-state index in [4.69, 9.17) is 4.52 Å². The van der Waals surface area contributed by atoms with Gasteiger partial charge in [-0.05, 0) is 37.8 Å². The summed E-state index contributed by atoms with van der Waals surface area (Å²) in [4.78, 5) is 21.9. The summed E-state index contributed by atoms with van der Waals surface area (Å²) >= 11 is 1.71. The van der Waals surface area contributed by atoms with Gasteiger partial charge in [0.1, 0.15) is 5.54 Å². The summed E-state index contributed by atoms with van der Waals surface area (Å²) in [6.07, 6.45) is 8.34. The van der Waals surface area contributed by atoms with E-state index in [0.29, 0.717) is 18.1 Å². The van der Waals surface area contributed by atoms with Crippen LogP contribution in [0.5, 0.6) is 0 Å². The first-order chi connectivity index (χ1) is 13.6. The maximum absolute atomic E-state index is 12.8. The molecule has 3 aromatic rings. The Labute approximate surface area is 168 Å². The Morgan fingerprint density at radius 2 is 1.96 bits per heavy atom. The van der Waals surface area contributed by atoms with Crippen LogP contribution in [-0.2, 0) is 16.8 Å². The number of amides is 1. The van der Waals surface area contributed by atoms with Gasteiger partial charge in [0.05, 0.1) is 15.2 Å². The highest BCUT2D eigenvalue weighted by Gasteiger charge is 2.38. The van der Waals surface area contributed by atoms with Crippen LogP contribution in [0.3, 0.4) is 0 Å². The molecule has 0 bridgehead atoms. The van der Waals surface area contributed by atoms with Gasteiger partial charge in [0.25, 0.3) is 0 Å². The van der Waals surface area contributed by atoms with Crippen molar-refractivity contribution in [1.82, 2.24) is 20.4 Å². The lowest BCUT2D eigenvalue weighted by Crippen LogP contribution is -2.46. The van der Waals surface area contributed by atoms with Crippen molar-refractivity contribution in [3.63, 3.8) is 0 Å². The summed E-state index contributed by atoms with van der Waals surface area (Å²) < 4.78 is 6.41. The third-order valence-electron chi connectivity index (χ3n) is 5.42. The maximum Gasteiger partial charge on any atom is 0.223 e. The van der Waals surface area contributed by atoms with Gasteiger partial charge in [-0.3, -0.25) is 4.79 Å². The molecule has 1 N–H and O–H groups in total. The number of aromatic nitrogens is 3. The Morgan fingerprint density at radius 1 is 1.18 bits per heavy atom. The van der Waals surface area contributed by atoms with Crippen LogP contribution in [-0.4, -0.2) is 21.0 Å². The molecule has 2 heterocycles. The molecular weight excluding hydrogens is 372 g/mol. The van der Waals surface area contributed by atoms with Gasteiger partial charge in [0, 0.05) is 13.3 Å². The van der Waals surface area contributed by atoms with E-state index in [1.165, 1.54) is 17.5 Å². The molecule has 4 rings (SSSR count). The molecule has 0 unspecified atom stereocenters. The quantitative estimate of drug-likeness (QED) is 0.610. The molecule has 0 spiro atoms. The molecule has 1 amide bonds. The SMILES string of the molecule is Cc1nc(C2(NC(=O)CCCc3nc4ccccc4s3)CCCCCC2)no1. The Kier molecular flexibility index (Phi) is 5.71. The maximum atomic E-state index is 12.8. The Morgan fingerprint density at radius 3 is 2.68 bits per heavy atom.